The maximum absolute atomic E-state index is 16.8. The van der Waals surface area contributed by atoms with Crippen molar-refractivity contribution >= 4 is 11.9 Å². The Labute approximate surface area is 434 Å². The standard InChI is InChI=1S/C65H81N3O5/c1-36-24-42-15-17-50-45-26-38-33-67(35-45)51(44-25-37-14-16-46-12-6-20-61(46,30-37)31-44)29-52(69)58-63-22-19-47-55-48-32-62(36,56(47)57(42)68(50)34-38)21-18-41(48)27-43(39-8-3-2-4-9-39)28-53(64(55,63)60(71)72-58)65(63)49-13-5-10-40(11-7-23-66)54(49)59(70)73-65/h5,10,13-14,16,27,36-39,43-46,48,50-51,53,56,69H,2-4,6-9,11-12,15,17-26,28-35,66H2,1H3. The highest BCUT2D eigenvalue weighted by molar-refractivity contribution is 6.00. The van der Waals surface area contributed by atoms with Gasteiger partial charge in [-0.25, -0.2) is 4.79 Å². The Bertz CT molecular complexity index is 2810. The summed E-state index contributed by atoms with van der Waals surface area (Å²) in [6.45, 7) is 6.52. The van der Waals surface area contributed by atoms with Gasteiger partial charge in [0.1, 0.15) is 11.2 Å². The smallest absolute Gasteiger partial charge is 0.339 e. The number of aryl methyl sites for hydroxylation is 1. The molecule has 5 saturated carbocycles. The number of esters is 2. The second kappa shape index (κ2) is 15.1. The summed E-state index contributed by atoms with van der Waals surface area (Å²) < 4.78 is 14.8. The van der Waals surface area contributed by atoms with Gasteiger partial charge >= 0.3 is 11.9 Å². The van der Waals surface area contributed by atoms with Crippen LogP contribution in [0.2, 0.25) is 0 Å². The van der Waals surface area contributed by atoms with Crippen LogP contribution >= 0.6 is 0 Å². The number of benzene rings is 1. The lowest BCUT2D eigenvalue weighted by Gasteiger charge is -2.74. The summed E-state index contributed by atoms with van der Waals surface area (Å²) in [4.78, 5) is 38.1. The molecule has 5 spiro atoms. The van der Waals surface area contributed by atoms with Gasteiger partial charge in [0.05, 0.1) is 11.0 Å². The second-order valence-electron chi connectivity index (χ2n) is 28.5. The first-order chi connectivity index (χ1) is 35.6. The molecule has 9 aliphatic heterocycles. The Kier molecular flexibility index (Phi) is 9.21. The number of carbonyl (C=O) groups is 2. The van der Waals surface area contributed by atoms with Crippen molar-refractivity contribution in [3.05, 3.63) is 92.6 Å². The molecule has 20 rings (SSSR count). The van der Waals surface area contributed by atoms with E-state index in [1.807, 2.05) is 0 Å². The average molecular weight is 984 g/mol. The van der Waals surface area contributed by atoms with Crippen LogP contribution in [0.15, 0.2) is 75.9 Å². The van der Waals surface area contributed by atoms with Crippen LogP contribution in [0.25, 0.3) is 0 Å². The van der Waals surface area contributed by atoms with Crippen molar-refractivity contribution in [2.45, 2.75) is 179 Å². The molecule has 18 atom stereocenters. The Balaban J connectivity index is 0.946. The van der Waals surface area contributed by atoms with Crippen molar-refractivity contribution < 1.29 is 24.2 Å². The monoisotopic (exact) mass is 984 g/mol. The van der Waals surface area contributed by atoms with Gasteiger partial charge in [0.25, 0.3) is 0 Å². The minimum atomic E-state index is -1.14. The molecule has 0 amide bonds. The van der Waals surface area contributed by atoms with E-state index in [-0.39, 0.29) is 35.2 Å². The van der Waals surface area contributed by atoms with Crippen LogP contribution in [0.4, 0.5) is 0 Å². The summed E-state index contributed by atoms with van der Waals surface area (Å²) in [6, 6.07) is 7.20. The summed E-state index contributed by atoms with van der Waals surface area (Å²) in [6.07, 6.45) is 34.8. The van der Waals surface area contributed by atoms with Gasteiger partial charge < -0.3 is 25.2 Å². The average Bonchev–Trinajstić information content (AvgIpc) is 4.07. The molecule has 3 saturated heterocycles. The predicted octanol–water partition coefficient (Wildman–Crippen LogP) is 12.2. The molecule has 9 heterocycles. The molecule has 73 heavy (non-hydrogen) atoms. The maximum atomic E-state index is 16.8. The first-order valence-electron chi connectivity index (χ1n) is 30.7. The van der Waals surface area contributed by atoms with E-state index < -0.39 is 16.4 Å². The predicted molar refractivity (Wildman–Crippen MR) is 279 cm³/mol. The minimum absolute atomic E-state index is 0.127. The molecule has 18 unspecified atom stereocenters. The third-order valence-corrected chi connectivity index (χ3v) is 26.2. The number of aliphatic hydroxyl groups is 1. The van der Waals surface area contributed by atoms with Crippen LogP contribution in [-0.2, 0) is 26.3 Å². The van der Waals surface area contributed by atoms with Gasteiger partial charge in [-0.2, -0.15) is 0 Å². The highest BCUT2D eigenvalue weighted by Gasteiger charge is 2.94. The molecule has 3 N–H and O–H groups in total. The van der Waals surface area contributed by atoms with Gasteiger partial charge in [-0.15, -0.1) is 0 Å². The van der Waals surface area contributed by atoms with E-state index in [4.69, 9.17) is 15.2 Å². The number of ether oxygens (including phenoxy) is 2. The van der Waals surface area contributed by atoms with Gasteiger partial charge in [-0.3, -0.25) is 9.69 Å². The molecule has 16 bridgehead atoms. The lowest BCUT2D eigenvalue weighted by Crippen LogP contribution is -2.78. The first-order valence-corrected chi connectivity index (χ1v) is 30.7. The molecule has 19 aliphatic rings. The van der Waals surface area contributed by atoms with E-state index >= 15 is 9.59 Å². The fraction of sp³-hybridized carbons (Fsp3) is 0.723. The number of allylic oxidation sites excluding steroid dienone is 6. The topological polar surface area (TPSA) is 105 Å². The fourth-order valence-corrected chi connectivity index (χ4v) is 24.0. The summed E-state index contributed by atoms with van der Waals surface area (Å²) >= 11 is 0. The van der Waals surface area contributed by atoms with E-state index in [1.54, 1.807) is 22.4 Å². The lowest BCUT2D eigenvalue weighted by atomic mass is 9.26. The maximum Gasteiger partial charge on any atom is 0.339 e. The number of rotatable bonds is 5. The largest absolute Gasteiger partial charge is 0.509 e. The zero-order valence-electron chi connectivity index (χ0n) is 43.8. The molecule has 8 heteroatoms. The quantitative estimate of drug-likeness (QED) is 0.222. The molecule has 0 aromatic heterocycles. The van der Waals surface area contributed by atoms with Crippen molar-refractivity contribution in [3.8, 4) is 0 Å². The Morgan fingerprint density at radius 2 is 1.75 bits per heavy atom. The molecular formula is C65H81N3O5. The van der Waals surface area contributed by atoms with Crippen molar-refractivity contribution in [3.63, 3.8) is 0 Å². The molecular weight excluding hydrogens is 903 g/mol. The van der Waals surface area contributed by atoms with E-state index in [0.717, 1.165) is 62.9 Å². The molecule has 8 fully saturated rings. The van der Waals surface area contributed by atoms with Gasteiger partial charge in [0, 0.05) is 67.2 Å². The van der Waals surface area contributed by atoms with Crippen LogP contribution in [0.3, 0.4) is 0 Å². The molecule has 10 aliphatic carbocycles. The fourth-order valence-electron chi connectivity index (χ4n) is 24.0. The number of piperidine rings is 2. The van der Waals surface area contributed by atoms with E-state index in [9.17, 15) is 5.11 Å². The molecule has 8 nitrogen and oxygen atoms in total. The third kappa shape index (κ3) is 5.26. The van der Waals surface area contributed by atoms with Crippen LogP contribution in [0.5, 0.6) is 0 Å². The summed E-state index contributed by atoms with van der Waals surface area (Å²) in [5.41, 5.74) is 14.2. The van der Waals surface area contributed by atoms with Crippen molar-refractivity contribution in [1.82, 2.24) is 9.80 Å². The third-order valence-electron chi connectivity index (χ3n) is 26.2. The van der Waals surface area contributed by atoms with Crippen LogP contribution in [-0.4, -0.2) is 65.1 Å². The Hall–Kier alpha value is -3.62. The number of nitrogens with zero attached hydrogens (tertiary/aromatic N) is 2. The number of hydrogen-bond donors (Lipinski definition) is 2. The highest BCUT2D eigenvalue weighted by atomic mass is 16.6. The Morgan fingerprint density at radius 1 is 0.849 bits per heavy atom. The minimum Gasteiger partial charge on any atom is -0.509 e. The Morgan fingerprint density at radius 3 is 2.64 bits per heavy atom. The van der Waals surface area contributed by atoms with Crippen LogP contribution in [0, 0.1) is 86.8 Å². The highest BCUT2D eigenvalue weighted by Crippen LogP contribution is 2.89. The summed E-state index contributed by atoms with van der Waals surface area (Å²) in [5.74, 6) is 4.93. The van der Waals surface area contributed by atoms with Crippen molar-refractivity contribution in [2.24, 2.45) is 92.5 Å². The number of aliphatic hydroxyl groups excluding tert-OH is 1. The summed E-state index contributed by atoms with van der Waals surface area (Å²) in [5, 5.41) is 13.9. The van der Waals surface area contributed by atoms with Crippen molar-refractivity contribution in [1.29, 1.82) is 0 Å². The van der Waals surface area contributed by atoms with Gasteiger partial charge in [0.2, 0.25) is 0 Å². The van der Waals surface area contributed by atoms with E-state index in [1.165, 1.54) is 108 Å². The molecule has 386 valence electrons. The SMILES string of the molecule is CC1CC2=C3C4C5=C6C7CC14CCC7=CC(C1CCCCC1)CC1C64C(=O)OC(=C(O)CC(C6CC7C=CC8CCCC8(C7)C6)N6CC7CC(C6)C(CC2)N3C7)C4(CC5)C12OC(=O)c1c(CCCN)cccc12. The summed E-state index contributed by atoms with van der Waals surface area (Å²) in [7, 11) is 0. The first kappa shape index (κ1) is 44.5. The zero-order valence-corrected chi connectivity index (χ0v) is 43.8. The van der Waals surface area contributed by atoms with Crippen molar-refractivity contribution in [2.75, 3.05) is 26.2 Å². The van der Waals surface area contributed by atoms with Crippen LogP contribution < -0.4 is 5.73 Å². The van der Waals surface area contributed by atoms with Crippen LogP contribution in [0.1, 0.15) is 176 Å². The molecule has 1 aromatic carbocycles. The lowest BCUT2D eigenvalue weighted by molar-refractivity contribution is -0.284. The van der Waals surface area contributed by atoms with Gasteiger partial charge in [-0.1, -0.05) is 85.8 Å². The molecule has 0 radical (unpaired) electrons. The van der Waals surface area contributed by atoms with E-state index in [0.29, 0.717) is 108 Å². The normalized spacial score (nSPS) is 49.1. The number of hydrogen-bond acceptors (Lipinski definition) is 8. The van der Waals surface area contributed by atoms with Gasteiger partial charge in [-0.05, 0) is 198 Å². The number of carbonyl (C=O) groups excluding carboxylic acids is 2. The second-order valence-corrected chi connectivity index (χ2v) is 28.5. The van der Waals surface area contributed by atoms with E-state index in [2.05, 4.69) is 53.2 Å². The van der Waals surface area contributed by atoms with Gasteiger partial charge in [0.15, 0.2) is 11.4 Å². The number of nitrogens with two attached hydrogens (primary N) is 1. The molecule has 1 aromatic rings. The zero-order chi connectivity index (χ0) is 48.5. The number of fused-ring (bicyclic) bond motifs is 4.